The van der Waals surface area contributed by atoms with E-state index in [0.717, 1.165) is 39.0 Å². The van der Waals surface area contributed by atoms with E-state index < -0.39 is 0 Å². The molecule has 11 aromatic rings. The number of thiophene rings is 1. The van der Waals surface area contributed by atoms with Crippen LogP contribution >= 0.6 is 11.3 Å². The van der Waals surface area contributed by atoms with Gasteiger partial charge in [-0.15, -0.1) is 11.3 Å². The molecule has 0 N–H and O–H groups in total. The number of nitrogens with zero attached hydrogens (tertiary/aromatic N) is 1. The van der Waals surface area contributed by atoms with Crippen molar-refractivity contribution < 1.29 is 4.42 Å². The van der Waals surface area contributed by atoms with Crippen molar-refractivity contribution in [2.75, 3.05) is 4.90 Å². The van der Waals surface area contributed by atoms with Crippen LogP contribution in [0.5, 0.6) is 0 Å². The summed E-state index contributed by atoms with van der Waals surface area (Å²) in [5, 5.41) is 7.34. The van der Waals surface area contributed by atoms with Gasteiger partial charge < -0.3 is 9.32 Å². The molecule has 0 bridgehead atoms. The van der Waals surface area contributed by atoms with Crippen LogP contribution in [0.1, 0.15) is 0 Å². The SMILES string of the molecule is c1ccc(-c2cc(N(c3ccc(-c4cccc5ccccc45)cc3)c3ccc4c(c3)oc3ccccc34)ccc2-c2cccc3c2sc2ccccc23)cc1. The van der Waals surface area contributed by atoms with E-state index in [1.165, 1.54) is 64.3 Å². The molecule has 0 spiro atoms. The molecule has 11 rings (SSSR count). The molecule has 3 heteroatoms. The summed E-state index contributed by atoms with van der Waals surface area (Å²) in [5.41, 5.74) is 12.2. The average Bonchev–Trinajstić information content (AvgIpc) is 3.82. The molecular formula is C52H33NOS. The molecule has 55 heavy (non-hydrogen) atoms. The highest BCUT2D eigenvalue weighted by Gasteiger charge is 2.20. The standard InChI is InChI=1S/C52H33NOS/c1-2-12-35(13-3-1)48-32-38(28-30-42(48)46-20-11-21-47-45-18-7-9-23-51(45)55-52(46)47)53(39-29-31-44-43-17-6-8-22-49(43)54-50(44)33-39)37-26-24-36(25-27-37)41-19-10-15-34-14-4-5-16-40(34)41/h1-33H. The second-order valence-corrected chi connectivity index (χ2v) is 15.1. The van der Waals surface area contributed by atoms with E-state index in [0.29, 0.717) is 0 Å². The van der Waals surface area contributed by atoms with Gasteiger partial charge in [0.05, 0.1) is 0 Å². The third kappa shape index (κ3) is 5.32. The summed E-state index contributed by atoms with van der Waals surface area (Å²) in [6.45, 7) is 0. The molecule has 0 aliphatic rings. The Morgan fingerprint density at radius 3 is 1.85 bits per heavy atom. The fraction of sp³-hybridized carbons (Fsp3) is 0. The topological polar surface area (TPSA) is 16.4 Å². The maximum absolute atomic E-state index is 6.44. The second kappa shape index (κ2) is 12.9. The number of hydrogen-bond donors (Lipinski definition) is 0. The fourth-order valence-electron chi connectivity index (χ4n) is 8.29. The van der Waals surface area contributed by atoms with Crippen LogP contribution in [0.2, 0.25) is 0 Å². The van der Waals surface area contributed by atoms with Gasteiger partial charge in [0.2, 0.25) is 0 Å². The summed E-state index contributed by atoms with van der Waals surface area (Å²) in [6, 6.07) is 72.2. The Kier molecular flexibility index (Phi) is 7.39. The lowest BCUT2D eigenvalue weighted by Gasteiger charge is -2.27. The summed E-state index contributed by atoms with van der Waals surface area (Å²) >= 11 is 1.87. The molecule has 0 fully saturated rings. The minimum absolute atomic E-state index is 0.868. The van der Waals surface area contributed by atoms with Gasteiger partial charge in [-0.25, -0.2) is 0 Å². The Balaban J connectivity index is 1.11. The number of anilines is 3. The molecule has 0 unspecified atom stereocenters. The van der Waals surface area contributed by atoms with Crippen molar-refractivity contribution >= 4 is 81.3 Å². The minimum Gasteiger partial charge on any atom is -0.456 e. The summed E-state index contributed by atoms with van der Waals surface area (Å²) in [5.74, 6) is 0. The smallest absolute Gasteiger partial charge is 0.137 e. The Morgan fingerprint density at radius 1 is 0.345 bits per heavy atom. The van der Waals surface area contributed by atoms with Crippen molar-refractivity contribution in [1.82, 2.24) is 0 Å². The Bertz CT molecular complexity index is 3200. The molecule has 0 atom stereocenters. The highest BCUT2D eigenvalue weighted by Crippen LogP contribution is 2.46. The lowest BCUT2D eigenvalue weighted by molar-refractivity contribution is 0.669. The zero-order chi connectivity index (χ0) is 36.3. The predicted octanol–water partition coefficient (Wildman–Crippen LogP) is 15.6. The van der Waals surface area contributed by atoms with Crippen molar-refractivity contribution in [1.29, 1.82) is 0 Å². The molecule has 0 saturated heterocycles. The van der Waals surface area contributed by atoms with Gasteiger partial charge in [0.25, 0.3) is 0 Å². The maximum Gasteiger partial charge on any atom is 0.137 e. The minimum atomic E-state index is 0.868. The number of furan rings is 1. The highest BCUT2D eigenvalue weighted by molar-refractivity contribution is 7.26. The van der Waals surface area contributed by atoms with Crippen molar-refractivity contribution in [2.45, 2.75) is 0 Å². The van der Waals surface area contributed by atoms with Gasteiger partial charge in [0.15, 0.2) is 0 Å². The van der Waals surface area contributed by atoms with Crippen LogP contribution in [-0.2, 0) is 0 Å². The first-order valence-electron chi connectivity index (χ1n) is 18.7. The lowest BCUT2D eigenvalue weighted by Crippen LogP contribution is -2.10. The van der Waals surface area contributed by atoms with Gasteiger partial charge >= 0.3 is 0 Å². The van der Waals surface area contributed by atoms with Gasteiger partial charge in [-0.05, 0) is 87.1 Å². The number of benzene rings is 9. The molecule has 0 aliphatic heterocycles. The molecule has 2 aromatic heterocycles. The van der Waals surface area contributed by atoms with E-state index in [1.807, 2.05) is 23.5 Å². The van der Waals surface area contributed by atoms with Gasteiger partial charge in [0, 0.05) is 59.6 Å². The number of fused-ring (bicyclic) bond motifs is 7. The van der Waals surface area contributed by atoms with Gasteiger partial charge in [0.1, 0.15) is 11.2 Å². The number of para-hydroxylation sites is 1. The molecule has 258 valence electrons. The summed E-state index contributed by atoms with van der Waals surface area (Å²) in [7, 11) is 0. The third-order valence-electron chi connectivity index (χ3n) is 10.9. The van der Waals surface area contributed by atoms with E-state index >= 15 is 0 Å². The predicted molar refractivity (Wildman–Crippen MR) is 235 cm³/mol. The summed E-state index contributed by atoms with van der Waals surface area (Å²) in [6.07, 6.45) is 0. The Morgan fingerprint density at radius 2 is 0.964 bits per heavy atom. The molecule has 0 radical (unpaired) electrons. The first-order valence-corrected chi connectivity index (χ1v) is 19.5. The Labute approximate surface area is 322 Å². The van der Waals surface area contributed by atoms with Crippen LogP contribution in [0, 0.1) is 0 Å². The van der Waals surface area contributed by atoms with Crippen LogP contribution in [0.4, 0.5) is 17.1 Å². The number of hydrogen-bond acceptors (Lipinski definition) is 3. The van der Waals surface area contributed by atoms with E-state index in [1.54, 1.807) is 0 Å². The van der Waals surface area contributed by atoms with E-state index in [4.69, 9.17) is 4.42 Å². The zero-order valence-electron chi connectivity index (χ0n) is 29.8. The maximum atomic E-state index is 6.44. The van der Waals surface area contributed by atoms with Crippen LogP contribution in [0.25, 0.3) is 86.3 Å². The van der Waals surface area contributed by atoms with E-state index in [2.05, 4.69) is 193 Å². The van der Waals surface area contributed by atoms with Crippen molar-refractivity contribution in [2.24, 2.45) is 0 Å². The van der Waals surface area contributed by atoms with Crippen molar-refractivity contribution in [3.05, 3.63) is 200 Å². The van der Waals surface area contributed by atoms with Crippen LogP contribution in [0.3, 0.4) is 0 Å². The molecular weight excluding hydrogens is 687 g/mol. The van der Waals surface area contributed by atoms with Gasteiger partial charge in [-0.1, -0.05) is 146 Å². The van der Waals surface area contributed by atoms with Gasteiger partial charge in [-0.3, -0.25) is 0 Å². The van der Waals surface area contributed by atoms with E-state index in [9.17, 15) is 0 Å². The normalized spacial score (nSPS) is 11.6. The zero-order valence-corrected chi connectivity index (χ0v) is 30.6. The van der Waals surface area contributed by atoms with Crippen LogP contribution in [-0.4, -0.2) is 0 Å². The Hall–Kier alpha value is -6.94. The molecule has 0 aliphatic carbocycles. The average molecular weight is 720 g/mol. The number of rotatable bonds is 6. The van der Waals surface area contributed by atoms with Crippen molar-refractivity contribution in [3.63, 3.8) is 0 Å². The highest BCUT2D eigenvalue weighted by atomic mass is 32.1. The quantitative estimate of drug-likeness (QED) is 0.170. The first-order chi connectivity index (χ1) is 27.3. The lowest BCUT2D eigenvalue weighted by atomic mass is 9.92. The fourth-order valence-corrected chi connectivity index (χ4v) is 9.52. The molecule has 0 saturated carbocycles. The molecule has 9 aromatic carbocycles. The molecule has 2 nitrogen and oxygen atoms in total. The van der Waals surface area contributed by atoms with Crippen molar-refractivity contribution in [3.8, 4) is 33.4 Å². The largest absolute Gasteiger partial charge is 0.456 e. The molecule has 0 amide bonds. The summed E-state index contributed by atoms with van der Waals surface area (Å²) in [4.78, 5) is 2.36. The second-order valence-electron chi connectivity index (χ2n) is 14.1. The molecule has 2 heterocycles. The van der Waals surface area contributed by atoms with Gasteiger partial charge in [-0.2, -0.15) is 0 Å². The van der Waals surface area contributed by atoms with Crippen LogP contribution < -0.4 is 4.90 Å². The summed E-state index contributed by atoms with van der Waals surface area (Å²) < 4.78 is 9.06. The monoisotopic (exact) mass is 719 g/mol. The third-order valence-corrected chi connectivity index (χ3v) is 12.1. The first kappa shape index (κ1) is 31.6. The van der Waals surface area contributed by atoms with Crippen LogP contribution in [0.15, 0.2) is 205 Å². The van der Waals surface area contributed by atoms with E-state index in [-0.39, 0.29) is 0 Å².